The predicted octanol–water partition coefficient (Wildman–Crippen LogP) is 2.87. The molecule has 1 nitrogen and oxygen atoms in total. The van der Waals surface area contributed by atoms with E-state index in [1.165, 1.54) is 0 Å². The molecule has 0 aliphatic carbocycles. The lowest BCUT2D eigenvalue weighted by Crippen LogP contribution is -2.36. The first-order valence-corrected chi connectivity index (χ1v) is 5.22. The van der Waals surface area contributed by atoms with E-state index < -0.39 is 6.43 Å². The summed E-state index contributed by atoms with van der Waals surface area (Å²) in [6.07, 6.45) is -0.926. The van der Waals surface area contributed by atoms with Crippen molar-refractivity contribution in [2.45, 2.75) is 19.3 Å². The van der Waals surface area contributed by atoms with Gasteiger partial charge in [-0.1, -0.05) is 22.5 Å². The molecule has 13 heavy (non-hydrogen) atoms. The fourth-order valence-corrected chi connectivity index (χ4v) is 1.96. The Morgan fingerprint density at radius 3 is 2.38 bits per heavy atom. The molecule has 0 N–H and O–H groups in total. The second-order valence-corrected chi connectivity index (χ2v) is 4.59. The van der Waals surface area contributed by atoms with Gasteiger partial charge in [-0.3, -0.25) is 4.90 Å². The maximum atomic E-state index is 12.3. The Morgan fingerprint density at radius 2 is 2.00 bits per heavy atom. The molecule has 0 atom stereocenters. The van der Waals surface area contributed by atoms with Gasteiger partial charge < -0.3 is 0 Å². The second kappa shape index (κ2) is 5.05. The molecule has 1 aliphatic heterocycles. The third kappa shape index (κ3) is 3.73. The number of hydrogen-bond donors (Lipinski definition) is 0. The lowest BCUT2D eigenvalue weighted by atomic mass is 9.97. The highest BCUT2D eigenvalue weighted by Gasteiger charge is 2.25. The van der Waals surface area contributed by atoms with E-state index in [2.05, 4.69) is 27.4 Å². The van der Waals surface area contributed by atoms with Gasteiger partial charge in [0.2, 0.25) is 6.43 Å². The van der Waals surface area contributed by atoms with E-state index in [4.69, 9.17) is 0 Å². The zero-order valence-corrected chi connectivity index (χ0v) is 9.06. The second-order valence-electron chi connectivity index (χ2n) is 3.47. The van der Waals surface area contributed by atoms with Gasteiger partial charge in [0, 0.05) is 16.9 Å². The number of hydrogen-bond acceptors (Lipinski definition) is 1. The number of piperidine rings is 1. The van der Waals surface area contributed by atoms with E-state index >= 15 is 0 Å². The minimum absolute atomic E-state index is 0.389. The molecule has 1 rings (SSSR count). The van der Waals surface area contributed by atoms with Crippen LogP contribution in [0, 0.1) is 5.92 Å². The van der Waals surface area contributed by atoms with Gasteiger partial charge in [-0.25, -0.2) is 8.78 Å². The molecule has 1 heterocycles. The fraction of sp³-hybridized carbons (Fsp3) is 0.778. The molecule has 0 aromatic rings. The molecular weight excluding hydrogens is 240 g/mol. The van der Waals surface area contributed by atoms with Gasteiger partial charge >= 0.3 is 0 Å². The third-order valence-corrected chi connectivity index (χ3v) is 2.63. The SMILES string of the molecule is C=C(Br)CN1CCC(C(F)F)CC1. The van der Waals surface area contributed by atoms with Crippen LogP contribution in [0.15, 0.2) is 11.1 Å². The van der Waals surface area contributed by atoms with Crippen LogP contribution >= 0.6 is 15.9 Å². The molecule has 1 saturated heterocycles. The number of likely N-dealkylation sites (tertiary alicyclic amines) is 1. The van der Waals surface area contributed by atoms with E-state index in [0.29, 0.717) is 12.8 Å². The monoisotopic (exact) mass is 253 g/mol. The first kappa shape index (κ1) is 11.1. The van der Waals surface area contributed by atoms with Crippen molar-refractivity contribution in [2.75, 3.05) is 19.6 Å². The van der Waals surface area contributed by atoms with Crippen LogP contribution in [-0.4, -0.2) is 31.0 Å². The fourth-order valence-electron chi connectivity index (χ4n) is 1.61. The number of halogens is 3. The van der Waals surface area contributed by atoms with Gasteiger partial charge in [0.1, 0.15) is 0 Å². The molecular formula is C9H14BrF2N. The van der Waals surface area contributed by atoms with Crippen LogP contribution in [-0.2, 0) is 0 Å². The predicted molar refractivity (Wildman–Crippen MR) is 53.2 cm³/mol. The number of nitrogens with zero attached hydrogens (tertiary/aromatic N) is 1. The Morgan fingerprint density at radius 1 is 1.46 bits per heavy atom. The van der Waals surface area contributed by atoms with Crippen LogP contribution in [0.3, 0.4) is 0 Å². The normalized spacial score (nSPS) is 20.9. The van der Waals surface area contributed by atoms with Crippen molar-refractivity contribution in [1.29, 1.82) is 0 Å². The van der Waals surface area contributed by atoms with Crippen molar-refractivity contribution >= 4 is 15.9 Å². The average molecular weight is 254 g/mol. The van der Waals surface area contributed by atoms with E-state index in [1.54, 1.807) is 0 Å². The minimum atomic E-state index is -2.14. The van der Waals surface area contributed by atoms with E-state index in [0.717, 1.165) is 24.1 Å². The topological polar surface area (TPSA) is 3.24 Å². The van der Waals surface area contributed by atoms with Crippen LogP contribution in [0.1, 0.15) is 12.8 Å². The van der Waals surface area contributed by atoms with Crippen LogP contribution in [0.5, 0.6) is 0 Å². The highest BCUT2D eigenvalue weighted by molar-refractivity contribution is 9.11. The maximum absolute atomic E-state index is 12.3. The summed E-state index contributed by atoms with van der Waals surface area (Å²) in [6, 6.07) is 0. The largest absolute Gasteiger partial charge is 0.299 e. The molecule has 76 valence electrons. The summed E-state index contributed by atoms with van der Waals surface area (Å²) in [5, 5.41) is 0. The summed E-state index contributed by atoms with van der Waals surface area (Å²) >= 11 is 3.27. The molecule has 0 radical (unpaired) electrons. The van der Waals surface area contributed by atoms with E-state index in [1.807, 2.05) is 0 Å². The van der Waals surface area contributed by atoms with Gasteiger partial charge in [-0.15, -0.1) is 0 Å². The van der Waals surface area contributed by atoms with Crippen LogP contribution in [0.25, 0.3) is 0 Å². The highest BCUT2D eigenvalue weighted by atomic mass is 79.9. The molecule has 0 bridgehead atoms. The Labute approximate surface area is 85.9 Å². The Hall–Kier alpha value is 0.0400. The summed E-state index contributed by atoms with van der Waals surface area (Å²) in [5.41, 5.74) is 0. The zero-order valence-electron chi connectivity index (χ0n) is 7.48. The quantitative estimate of drug-likeness (QED) is 0.748. The summed E-state index contributed by atoms with van der Waals surface area (Å²) in [4.78, 5) is 2.15. The van der Waals surface area contributed by atoms with Crippen LogP contribution < -0.4 is 0 Å². The van der Waals surface area contributed by atoms with E-state index in [9.17, 15) is 8.78 Å². The van der Waals surface area contributed by atoms with Crippen molar-refractivity contribution in [3.63, 3.8) is 0 Å². The third-order valence-electron chi connectivity index (χ3n) is 2.38. The molecule has 0 unspecified atom stereocenters. The van der Waals surface area contributed by atoms with Crippen molar-refractivity contribution in [2.24, 2.45) is 5.92 Å². The minimum Gasteiger partial charge on any atom is -0.299 e. The molecule has 0 aromatic carbocycles. The first-order chi connectivity index (χ1) is 6.09. The molecule has 1 fully saturated rings. The van der Waals surface area contributed by atoms with Crippen molar-refractivity contribution in [1.82, 2.24) is 4.90 Å². The van der Waals surface area contributed by atoms with Gasteiger partial charge in [-0.2, -0.15) is 0 Å². The van der Waals surface area contributed by atoms with Crippen molar-refractivity contribution in [3.05, 3.63) is 11.1 Å². The molecule has 0 saturated carbocycles. The van der Waals surface area contributed by atoms with Gasteiger partial charge in [0.25, 0.3) is 0 Å². The Bertz CT molecular complexity index is 176. The molecule has 0 spiro atoms. The lowest BCUT2D eigenvalue weighted by Gasteiger charge is -2.31. The van der Waals surface area contributed by atoms with Gasteiger partial charge in [0.15, 0.2) is 0 Å². The van der Waals surface area contributed by atoms with Crippen LogP contribution in [0.4, 0.5) is 8.78 Å². The van der Waals surface area contributed by atoms with Gasteiger partial charge in [-0.05, 0) is 25.9 Å². The number of rotatable bonds is 3. The Balaban J connectivity index is 2.26. The zero-order chi connectivity index (χ0) is 9.84. The standard InChI is InChI=1S/C9H14BrF2N/c1-7(10)6-13-4-2-8(3-5-13)9(11)12/h8-9H,1-6H2. The molecule has 1 aliphatic rings. The van der Waals surface area contributed by atoms with Gasteiger partial charge in [0.05, 0.1) is 0 Å². The highest BCUT2D eigenvalue weighted by Crippen LogP contribution is 2.24. The average Bonchev–Trinajstić information content (AvgIpc) is 2.04. The van der Waals surface area contributed by atoms with Crippen LogP contribution in [0.2, 0.25) is 0 Å². The summed E-state index contributed by atoms with van der Waals surface area (Å²) < 4.78 is 25.4. The first-order valence-electron chi connectivity index (χ1n) is 4.43. The summed E-state index contributed by atoms with van der Waals surface area (Å²) in [5.74, 6) is -0.389. The maximum Gasteiger partial charge on any atom is 0.241 e. The molecule has 0 amide bonds. The summed E-state index contributed by atoms with van der Waals surface area (Å²) in [6.45, 7) is 6.03. The Kier molecular flexibility index (Phi) is 4.32. The van der Waals surface area contributed by atoms with Crippen molar-refractivity contribution < 1.29 is 8.78 Å². The lowest BCUT2D eigenvalue weighted by molar-refractivity contribution is 0.0376. The molecule has 4 heteroatoms. The number of alkyl halides is 2. The van der Waals surface area contributed by atoms with Crippen molar-refractivity contribution in [3.8, 4) is 0 Å². The summed E-state index contributed by atoms with van der Waals surface area (Å²) in [7, 11) is 0. The van der Waals surface area contributed by atoms with E-state index in [-0.39, 0.29) is 5.92 Å². The smallest absolute Gasteiger partial charge is 0.241 e. The molecule has 0 aromatic heterocycles.